The number of piperidine rings is 1. The summed E-state index contributed by atoms with van der Waals surface area (Å²) in [4.78, 5) is 28.7. The Balaban J connectivity index is 1.24. The predicted octanol–water partition coefficient (Wildman–Crippen LogP) is 5.29. The highest BCUT2D eigenvalue weighted by atomic mass is 32.1. The normalized spacial score (nSPS) is 19.9. The molecule has 1 saturated heterocycles. The summed E-state index contributed by atoms with van der Waals surface area (Å²) in [7, 11) is 0. The van der Waals surface area contributed by atoms with Gasteiger partial charge in [-0.15, -0.1) is 11.3 Å². The van der Waals surface area contributed by atoms with E-state index in [1.165, 1.54) is 24.0 Å². The molecule has 2 aliphatic rings. The van der Waals surface area contributed by atoms with E-state index in [0.29, 0.717) is 11.8 Å². The maximum atomic E-state index is 13.0. The molecule has 32 heavy (non-hydrogen) atoms. The van der Waals surface area contributed by atoms with E-state index >= 15 is 0 Å². The minimum Gasteiger partial charge on any atom is -0.370 e. The fraction of sp³-hybridized carbons (Fsp3) is 0.520. The standard InChI is InChI=1S/C25H31N5OS/c1-17-28-22(20-9-10-21-23(12-20)32-16-27-21)13-24(29-17)26-14-18-6-5-11-30(15-18)25(31)19-7-3-2-4-8-19/h9-10,12-13,16,18-19H,2-8,11,14-15H2,1H3,(H,26,28,29). The van der Waals surface area contributed by atoms with E-state index in [-0.39, 0.29) is 5.92 Å². The number of carbonyl (C=O) groups is 1. The second-order valence-corrected chi connectivity index (χ2v) is 10.1. The molecule has 2 fully saturated rings. The lowest BCUT2D eigenvalue weighted by Gasteiger charge is -2.36. The highest BCUT2D eigenvalue weighted by Crippen LogP contribution is 2.29. The van der Waals surface area contributed by atoms with E-state index in [4.69, 9.17) is 0 Å². The first kappa shape index (κ1) is 21.3. The summed E-state index contributed by atoms with van der Waals surface area (Å²) in [6.45, 7) is 4.55. The van der Waals surface area contributed by atoms with Gasteiger partial charge in [0, 0.05) is 37.2 Å². The Morgan fingerprint density at radius 2 is 2.00 bits per heavy atom. The Hall–Kier alpha value is -2.54. The van der Waals surface area contributed by atoms with Crippen LogP contribution in [0.25, 0.3) is 21.5 Å². The highest BCUT2D eigenvalue weighted by molar-refractivity contribution is 7.16. The van der Waals surface area contributed by atoms with Crippen LogP contribution in [0.2, 0.25) is 0 Å². The van der Waals surface area contributed by atoms with E-state index in [1.54, 1.807) is 11.3 Å². The fourth-order valence-electron chi connectivity index (χ4n) is 5.11. The van der Waals surface area contributed by atoms with Crippen molar-refractivity contribution in [3.05, 3.63) is 35.6 Å². The summed E-state index contributed by atoms with van der Waals surface area (Å²) in [5, 5.41) is 3.54. The largest absolute Gasteiger partial charge is 0.370 e. The Labute approximate surface area is 193 Å². The Morgan fingerprint density at radius 3 is 2.88 bits per heavy atom. The van der Waals surface area contributed by atoms with Crippen molar-refractivity contribution in [1.29, 1.82) is 0 Å². The first-order valence-electron chi connectivity index (χ1n) is 11.9. The molecule has 0 bridgehead atoms. The number of amides is 1. The van der Waals surface area contributed by atoms with Gasteiger partial charge in [0.1, 0.15) is 11.6 Å². The number of rotatable bonds is 5. The summed E-state index contributed by atoms with van der Waals surface area (Å²) in [6, 6.07) is 8.30. The van der Waals surface area contributed by atoms with Crippen LogP contribution in [-0.4, -0.2) is 45.4 Å². The molecule has 1 aliphatic heterocycles. The van der Waals surface area contributed by atoms with Crippen LogP contribution in [0.1, 0.15) is 50.8 Å². The van der Waals surface area contributed by atoms with Crippen molar-refractivity contribution in [2.45, 2.75) is 51.9 Å². The average molecular weight is 450 g/mol. The van der Waals surface area contributed by atoms with Gasteiger partial charge < -0.3 is 10.2 Å². The zero-order valence-electron chi connectivity index (χ0n) is 18.7. The number of likely N-dealkylation sites (tertiary alicyclic amines) is 1. The predicted molar refractivity (Wildman–Crippen MR) is 130 cm³/mol. The molecule has 6 nitrogen and oxygen atoms in total. The van der Waals surface area contributed by atoms with Crippen LogP contribution in [0.4, 0.5) is 5.82 Å². The molecule has 168 valence electrons. The minimum atomic E-state index is 0.262. The van der Waals surface area contributed by atoms with Gasteiger partial charge in [-0.05, 0) is 50.7 Å². The molecule has 1 aliphatic carbocycles. The maximum Gasteiger partial charge on any atom is 0.225 e. The van der Waals surface area contributed by atoms with Gasteiger partial charge in [0.2, 0.25) is 5.91 Å². The van der Waals surface area contributed by atoms with Crippen molar-refractivity contribution in [2.75, 3.05) is 25.0 Å². The number of nitrogens with one attached hydrogen (secondary N) is 1. The Kier molecular flexibility index (Phi) is 6.35. The van der Waals surface area contributed by atoms with Gasteiger partial charge in [0.15, 0.2) is 0 Å². The second-order valence-electron chi connectivity index (χ2n) is 9.23. The molecule has 7 heteroatoms. The van der Waals surface area contributed by atoms with E-state index in [0.717, 1.165) is 73.7 Å². The Morgan fingerprint density at radius 1 is 1.12 bits per heavy atom. The number of hydrogen-bond acceptors (Lipinski definition) is 6. The zero-order chi connectivity index (χ0) is 21.9. The summed E-state index contributed by atoms with van der Waals surface area (Å²) in [5.74, 6) is 2.73. The number of aromatic nitrogens is 3. The number of fused-ring (bicyclic) bond motifs is 1. The number of aryl methyl sites for hydroxylation is 1. The zero-order valence-corrected chi connectivity index (χ0v) is 19.5. The number of nitrogens with zero attached hydrogens (tertiary/aromatic N) is 4. The second kappa shape index (κ2) is 9.53. The van der Waals surface area contributed by atoms with Gasteiger partial charge in [-0.3, -0.25) is 4.79 Å². The number of carbonyl (C=O) groups excluding carboxylic acids is 1. The smallest absolute Gasteiger partial charge is 0.225 e. The SMILES string of the molecule is Cc1nc(NCC2CCCN(C(=O)C3CCCCC3)C2)cc(-c2ccc3ncsc3c2)n1. The molecule has 3 heterocycles. The van der Waals surface area contributed by atoms with E-state index in [1.807, 2.05) is 24.6 Å². The van der Waals surface area contributed by atoms with E-state index in [9.17, 15) is 4.79 Å². The van der Waals surface area contributed by atoms with Crippen LogP contribution in [0.5, 0.6) is 0 Å². The third-order valence-corrected chi connectivity index (χ3v) is 7.61. The molecule has 0 radical (unpaired) electrons. The van der Waals surface area contributed by atoms with Crippen LogP contribution < -0.4 is 5.32 Å². The summed E-state index contributed by atoms with van der Waals surface area (Å²) in [6.07, 6.45) is 8.10. The molecule has 1 aromatic carbocycles. The molecule has 1 saturated carbocycles. The van der Waals surface area contributed by atoms with Gasteiger partial charge in [-0.25, -0.2) is 15.0 Å². The molecule has 1 amide bonds. The van der Waals surface area contributed by atoms with Crippen molar-refractivity contribution in [3.8, 4) is 11.3 Å². The minimum absolute atomic E-state index is 0.262. The van der Waals surface area contributed by atoms with Crippen molar-refractivity contribution in [1.82, 2.24) is 19.9 Å². The van der Waals surface area contributed by atoms with E-state index in [2.05, 4.69) is 37.3 Å². The monoisotopic (exact) mass is 449 g/mol. The lowest BCUT2D eigenvalue weighted by molar-refractivity contribution is -0.138. The molecular formula is C25H31N5OS. The molecule has 3 aromatic rings. The van der Waals surface area contributed by atoms with Gasteiger partial charge in [0.05, 0.1) is 21.4 Å². The number of hydrogen-bond donors (Lipinski definition) is 1. The van der Waals surface area contributed by atoms with Gasteiger partial charge >= 0.3 is 0 Å². The third kappa shape index (κ3) is 4.77. The molecule has 2 aromatic heterocycles. The Bertz CT molecular complexity index is 1090. The number of anilines is 1. The van der Waals surface area contributed by atoms with Crippen molar-refractivity contribution in [2.24, 2.45) is 11.8 Å². The van der Waals surface area contributed by atoms with Crippen LogP contribution >= 0.6 is 11.3 Å². The van der Waals surface area contributed by atoms with E-state index < -0.39 is 0 Å². The highest BCUT2D eigenvalue weighted by Gasteiger charge is 2.29. The van der Waals surface area contributed by atoms with Crippen LogP contribution in [0.15, 0.2) is 29.8 Å². The van der Waals surface area contributed by atoms with Gasteiger partial charge in [-0.1, -0.05) is 25.3 Å². The molecule has 1 N–H and O–H groups in total. The molecule has 0 spiro atoms. The molecular weight excluding hydrogens is 418 g/mol. The van der Waals surface area contributed by atoms with Crippen molar-refractivity contribution < 1.29 is 4.79 Å². The summed E-state index contributed by atoms with van der Waals surface area (Å²) < 4.78 is 1.17. The van der Waals surface area contributed by atoms with Crippen molar-refractivity contribution >= 4 is 33.3 Å². The fourth-order valence-corrected chi connectivity index (χ4v) is 5.83. The van der Waals surface area contributed by atoms with Crippen molar-refractivity contribution in [3.63, 3.8) is 0 Å². The van der Waals surface area contributed by atoms with Gasteiger partial charge in [0.25, 0.3) is 0 Å². The van der Waals surface area contributed by atoms with Crippen LogP contribution in [-0.2, 0) is 4.79 Å². The molecule has 1 atom stereocenters. The summed E-state index contributed by atoms with van der Waals surface area (Å²) in [5.41, 5.74) is 4.90. The summed E-state index contributed by atoms with van der Waals surface area (Å²) >= 11 is 1.64. The van der Waals surface area contributed by atoms with Gasteiger partial charge in [-0.2, -0.15) is 0 Å². The lowest BCUT2D eigenvalue weighted by atomic mass is 9.87. The third-order valence-electron chi connectivity index (χ3n) is 6.82. The molecule has 5 rings (SSSR count). The van der Waals surface area contributed by atoms with Crippen LogP contribution in [0.3, 0.4) is 0 Å². The first-order chi connectivity index (χ1) is 15.7. The number of thiazole rings is 1. The topological polar surface area (TPSA) is 71.0 Å². The van der Waals surface area contributed by atoms with Crippen LogP contribution in [0, 0.1) is 18.8 Å². The maximum absolute atomic E-state index is 13.0. The first-order valence-corrected chi connectivity index (χ1v) is 12.8. The molecule has 1 unspecified atom stereocenters. The quantitative estimate of drug-likeness (QED) is 0.573. The average Bonchev–Trinajstić information content (AvgIpc) is 3.31. The number of benzene rings is 1. The lowest BCUT2D eigenvalue weighted by Crippen LogP contribution is -2.44.